The van der Waals surface area contributed by atoms with Crippen molar-refractivity contribution in [3.8, 4) is 79.0 Å². The van der Waals surface area contributed by atoms with Gasteiger partial charge in [-0.25, -0.2) is 15.0 Å². The average molecular weight is 880 g/mol. The minimum absolute atomic E-state index is 0.615. The highest BCUT2D eigenvalue weighted by atomic mass is 16.5. The minimum atomic E-state index is -0.679. The van der Waals surface area contributed by atoms with Crippen LogP contribution < -0.4 is 4.74 Å². The molecule has 0 radical (unpaired) electrons. The molecule has 0 unspecified atom stereocenters. The van der Waals surface area contributed by atoms with E-state index in [0.717, 1.165) is 61.6 Å². The molecule has 11 aromatic rings. The average Bonchev–Trinajstić information content (AvgIpc) is 3.72. The third-order valence-corrected chi connectivity index (χ3v) is 14.7. The molecule has 2 spiro atoms. The molecule has 4 heteroatoms. The lowest BCUT2D eigenvalue weighted by Gasteiger charge is -2.51. The van der Waals surface area contributed by atoms with Crippen LogP contribution >= 0.6 is 0 Å². The van der Waals surface area contributed by atoms with Crippen LogP contribution in [0.4, 0.5) is 0 Å². The molecular weight excluding hydrogens is 839 g/mol. The largest absolute Gasteiger partial charge is 0.457 e. The van der Waals surface area contributed by atoms with E-state index in [0.29, 0.717) is 17.5 Å². The van der Waals surface area contributed by atoms with E-state index in [2.05, 4.69) is 237 Å². The number of hydrogen-bond acceptors (Lipinski definition) is 4. The quantitative estimate of drug-likeness (QED) is 0.173. The summed E-state index contributed by atoms with van der Waals surface area (Å²) < 4.78 is 6.75. The van der Waals surface area contributed by atoms with Crippen LogP contribution in [0.3, 0.4) is 0 Å². The summed E-state index contributed by atoms with van der Waals surface area (Å²) in [4.78, 5) is 15.9. The fraction of sp³-hybridized carbons (Fsp3) is 0.0308. The zero-order valence-electron chi connectivity index (χ0n) is 37.4. The van der Waals surface area contributed by atoms with Gasteiger partial charge in [0.1, 0.15) is 11.5 Å². The van der Waals surface area contributed by atoms with Crippen LogP contribution in [-0.2, 0) is 10.8 Å². The predicted molar refractivity (Wildman–Crippen MR) is 276 cm³/mol. The SMILES string of the molecule is c1ccc(-c2ccc(-c3nc(-c4ccc(-c5ccccc5)cc4)nc(-c4ccc5c(c4)C4(c6ccccc6-5)c5ccccc5C5(c6ccccc6Oc6ccccc65)c5ccccc54)n3)cc2)cc1. The van der Waals surface area contributed by atoms with Crippen LogP contribution in [0, 0.1) is 0 Å². The Hall–Kier alpha value is -8.99. The van der Waals surface area contributed by atoms with Gasteiger partial charge >= 0.3 is 0 Å². The number of fused-ring (bicyclic) bond motifs is 15. The number of ether oxygens (including phenoxy) is 1. The van der Waals surface area contributed by atoms with Crippen molar-refractivity contribution in [2.24, 2.45) is 0 Å². The van der Waals surface area contributed by atoms with Crippen molar-refractivity contribution in [3.05, 3.63) is 293 Å². The summed E-state index contributed by atoms with van der Waals surface area (Å²) in [7, 11) is 0. The van der Waals surface area contributed by atoms with Gasteiger partial charge in [-0.1, -0.05) is 231 Å². The van der Waals surface area contributed by atoms with Crippen LogP contribution in [-0.4, -0.2) is 15.0 Å². The highest BCUT2D eigenvalue weighted by molar-refractivity contribution is 5.91. The Kier molecular flexibility index (Phi) is 8.68. The fourth-order valence-corrected chi connectivity index (χ4v) is 11.8. The Bertz CT molecular complexity index is 3610. The predicted octanol–water partition coefficient (Wildman–Crippen LogP) is 15.4. The topological polar surface area (TPSA) is 47.9 Å². The van der Waals surface area contributed by atoms with Crippen LogP contribution in [0.1, 0.15) is 44.5 Å². The van der Waals surface area contributed by atoms with Gasteiger partial charge in [0.2, 0.25) is 0 Å². The lowest BCUT2D eigenvalue weighted by molar-refractivity contribution is 0.429. The van der Waals surface area contributed by atoms with E-state index < -0.39 is 10.8 Å². The van der Waals surface area contributed by atoms with Gasteiger partial charge in [-0.3, -0.25) is 0 Å². The molecular formula is C65H41N3O. The fourth-order valence-electron chi connectivity index (χ4n) is 11.8. The number of aromatic nitrogens is 3. The van der Waals surface area contributed by atoms with Gasteiger partial charge in [-0.2, -0.15) is 0 Å². The van der Waals surface area contributed by atoms with E-state index in [-0.39, 0.29) is 0 Å². The molecule has 0 bridgehead atoms. The highest BCUT2D eigenvalue weighted by Crippen LogP contribution is 2.67. The second-order valence-corrected chi connectivity index (χ2v) is 18.2. The Morgan fingerprint density at radius 2 is 0.551 bits per heavy atom. The van der Waals surface area contributed by atoms with Crippen molar-refractivity contribution < 1.29 is 4.74 Å². The number of hydrogen-bond donors (Lipinski definition) is 0. The van der Waals surface area contributed by atoms with Gasteiger partial charge < -0.3 is 4.74 Å². The summed E-state index contributed by atoms with van der Waals surface area (Å²) in [6.45, 7) is 0. The van der Waals surface area contributed by atoms with E-state index in [9.17, 15) is 0 Å². The zero-order valence-corrected chi connectivity index (χ0v) is 37.4. The van der Waals surface area contributed by atoms with Gasteiger partial charge in [-0.05, 0) is 85.0 Å². The number of nitrogens with zero attached hydrogens (tertiary/aromatic N) is 3. The van der Waals surface area contributed by atoms with Gasteiger partial charge in [0, 0.05) is 27.8 Å². The van der Waals surface area contributed by atoms with E-state index in [1.165, 1.54) is 44.5 Å². The van der Waals surface area contributed by atoms with Crippen molar-refractivity contribution in [1.29, 1.82) is 0 Å². The van der Waals surface area contributed by atoms with Crippen molar-refractivity contribution in [1.82, 2.24) is 15.0 Å². The summed E-state index contributed by atoms with van der Waals surface area (Å²) in [5.41, 5.74) is 18.1. The molecule has 2 heterocycles. The standard InChI is InChI=1S/C65H41N3O/c1-3-17-42(18-4-1)44-31-35-46(36-32-44)61-66-62(47-37-33-45(34-38-47)43-19-5-2-6-20-43)68-63(67-61)48-39-40-50-49-21-7-8-22-51(49)64(58(50)41-48)52-23-9-11-25-54(52)65(55-26-12-10-24-53(55)64)56-27-13-15-29-59(56)69-60-30-16-14-28-57(60)65/h1-41H. The summed E-state index contributed by atoms with van der Waals surface area (Å²) in [6, 6.07) is 89.3. The maximum atomic E-state index is 6.75. The molecule has 0 saturated carbocycles. The molecule has 10 aromatic carbocycles. The smallest absolute Gasteiger partial charge is 0.164 e. The summed E-state index contributed by atoms with van der Waals surface area (Å²) in [5, 5.41) is 0. The van der Waals surface area contributed by atoms with Crippen molar-refractivity contribution in [2.45, 2.75) is 10.8 Å². The monoisotopic (exact) mass is 879 g/mol. The molecule has 0 saturated heterocycles. The van der Waals surface area contributed by atoms with Crippen LogP contribution in [0.2, 0.25) is 0 Å². The van der Waals surface area contributed by atoms with Crippen LogP contribution in [0.5, 0.6) is 11.5 Å². The van der Waals surface area contributed by atoms with E-state index in [4.69, 9.17) is 19.7 Å². The minimum Gasteiger partial charge on any atom is -0.457 e. The van der Waals surface area contributed by atoms with Crippen LogP contribution in [0.25, 0.3) is 67.5 Å². The first-order chi connectivity index (χ1) is 34.2. The Labute approximate surface area is 400 Å². The summed E-state index contributed by atoms with van der Waals surface area (Å²) >= 11 is 0. The van der Waals surface area contributed by atoms with E-state index >= 15 is 0 Å². The van der Waals surface area contributed by atoms with E-state index in [1.807, 2.05) is 12.1 Å². The maximum absolute atomic E-state index is 6.75. The molecule has 0 N–H and O–H groups in total. The first-order valence-electron chi connectivity index (χ1n) is 23.6. The number of benzene rings is 10. The first kappa shape index (κ1) is 39.2. The molecule has 1 aromatic heterocycles. The van der Waals surface area contributed by atoms with Crippen molar-refractivity contribution in [3.63, 3.8) is 0 Å². The lowest BCUT2D eigenvalue weighted by atomic mass is 9.51. The third kappa shape index (κ3) is 5.73. The molecule has 14 rings (SSSR count). The molecule has 4 nitrogen and oxygen atoms in total. The molecule has 0 amide bonds. The van der Waals surface area contributed by atoms with Crippen molar-refractivity contribution >= 4 is 0 Å². The zero-order chi connectivity index (χ0) is 45.5. The second kappa shape index (κ2) is 15.3. The van der Waals surface area contributed by atoms with Crippen LogP contribution in [0.15, 0.2) is 249 Å². The number of para-hydroxylation sites is 2. The summed E-state index contributed by atoms with van der Waals surface area (Å²) in [6.07, 6.45) is 0. The van der Waals surface area contributed by atoms with Gasteiger partial charge in [0.15, 0.2) is 17.5 Å². The first-order valence-corrected chi connectivity index (χ1v) is 23.6. The molecule has 322 valence electrons. The molecule has 1 aliphatic heterocycles. The Morgan fingerprint density at radius 3 is 1.03 bits per heavy atom. The summed E-state index contributed by atoms with van der Waals surface area (Å²) in [5.74, 6) is 3.60. The van der Waals surface area contributed by atoms with Crippen molar-refractivity contribution in [2.75, 3.05) is 0 Å². The lowest BCUT2D eigenvalue weighted by Crippen LogP contribution is -2.45. The van der Waals surface area contributed by atoms with E-state index in [1.54, 1.807) is 0 Å². The normalized spacial score (nSPS) is 13.9. The van der Waals surface area contributed by atoms with Gasteiger partial charge in [-0.15, -0.1) is 0 Å². The third-order valence-electron chi connectivity index (χ3n) is 14.7. The Morgan fingerprint density at radius 1 is 0.232 bits per heavy atom. The second-order valence-electron chi connectivity index (χ2n) is 18.2. The number of rotatable bonds is 5. The highest BCUT2D eigenvalue weighted by Gasteiger charge is 2.58. The van der Waals surface area contributed by atoms with Gasteiger partial charge in [0.25, 0.3) is 0 Å². The van der Waals surface area contributed by atoms with Gasteiger partial charge in [0.05, 0.1) is 10.8 Å². The Balaban J connectivity index is 0.999. The molecule has 0 atom stereocenters. The molecule has 0 fully saturated rings. The molecule has 2 aliphatic carbocycles. The molecule has 3 aliphatic rings. The maximum Gasteiger partial charge on any atom is 0.164 e. The molecule has 69 heavy (non-hydrogen) atoms.